The number of hydrogen-bond acceptors (Lipinski definition) is 1. The molecular weight excluding hydrogens is 260 g/mol. The molecule has 2 aromatic carbocycles. The number of hydrogen-bond donors (Lipinski definition) is 1. The molecule has 0 spiro atoms. The molecule has 19 heavy (non-hydrogen) atoms. The molecule has 0 fully saturated rings. The first-order valence-corrected chi connectivity index (χ1v) is 5.55. The van der Waals surface area contributed by atoms with Gasteiger partial charge in [-0.25, -0.2) is 17.6 Å². The number of halogens is 4. The summed E-state index contributed by atoms with van der Waals surface area (Å²) in [6.45, 7) is 0. The van der Waals surface area contributed by atoms with Crippen LogP contribution in [0.4, 0.5) is 17.6 Å². The Kier molecular flexibility index (Phi) is 3.85. The molecule has 100 valence electrons. The highest BCUT2D eigenvalue weighted by Crippen LogP contribution is 2.25. The van der Waals surface area contributed by atoms with Crippen LogP contribution in [0.2, 0.25) is 0 Å². The summed E-state index contributed by atoms with van der Waals surface area (Å²) in [5, 5.41) is 9.79. The molecule has 0 aliphatic rings. The van der Waals surface area contributed by atoms with E-state index in [2.05, 4.69) is 0 Å². The van der Waals surface area contributed by atoms with Crippen LogP contribution in [0.25, 0.3) is 0 Å². The second-order valence-electron chi connectivity index (χ2n) is 4.06. The van der Waals surface area contributed by atoms with Gasteiger partial charge >= 0.3 is 0 Å². The highest BCUT2D eigenvalue weighted by atomic mass is 19.2. The summed E-state index contributed by atoms with van der Waals surface area (Å²) in [7, 11) is 0. The zero-order valence-electron chi connectivity index (χ0n) is 9.71. The summed E-state index contributed by atoms with van der Waals surface area (Å²) in [6.07, 6.45) is -2.00. The first-order valence-electron chi connectivity index (χ1n) is 5.55. The number of benzene rings is 2. The van der Waals surface area contributed by atoms with E-state index < -0.39 is 35.8 Å². The van der Waals surface area contributed by atoms with Crippen LogP contribution in [-0.2, 0) is 6.42 Å². The van der Waals surface area contributed by atoms with Gasteiger partial charge in [-0.3, -0.25) is 0 Å². The molecule has 0 aliphatic carbocycles. The lowest BCUT2D eigenvalue weighted by molar-refractivity contribution is 0.169. The highest BCUT2D eigenvalue weighted by Gasteiger charge is 2.19. The number of aliphatic hydroxyl groups excluding tert-OH is 1. The summed E-state index contributed by atoms with van der Waals surface area (Å²) < 4.78 is 53.2. The molecule has 0 radical (unpaired) electrons. The molecule has 0 amide bonds. The molecule has 0 heterocycles. The fourth-order valence-electron chi connectivity index (χ4n) is 1.81. The third kappa shape index (κ3) is 2.76. The third-order valence-electron chi connectivity index (χ3n) is 2.80. The van der Waals surface area contributed by atoms with Crippen molar-refractivity contribution in [3.63, 3.8) is 0 Å². The molecule has 1 atom stereocenters. The maximum atomic E-state index is 13.4. The minimum atomic E-state index is -1.53. The molecule has 1 N–H and O–H groups in total. The van der Waals surface area contributed by atoms with Gasteiger partial charge in [-0.2, -0.15) is 0 Å². The van der Waals surface area contributed by atoms with E-state index in [1.54, 1.807) is 0 Å². The standard InChI is InChI=1S/C14H10F4O/c15-10-4-2-5-11(16)9(10)7-13(19)8-3-1-6-12(17)14(8)18/h1-6,13,19H,7H2. The largest absolute Gasteiger partial charge is 0.388 e. The average Bonchev–Trinajstić information content (AvgIpc) is 2.37. The van der Waals surface area contributed by atoms with Gasteiger partial charge in [0.1, 0.15) is 11.6 Å². The molecule has 1 nitrogen and oxygen atoms in total. The number of rotatable bonds is 3. The predicted octanol–water partition coefficient (Wildman–Crippen LogP) is 3.52. The van der Waals surface area contributed by atoms with Crippen LogP contribution in [0, 0.1) is 23.3 Å². The maximum Gasteiger partial charge on any atom is 0.164 e. The Morgan fingerprint density at radius 2 is 1.37 bits per heavy atom. The van der Waals surface area contributed by atoms with Crippen molar-refractivity contribution in [1.82, 2.24) is 0 Å². The monoisotopic (exact) mass is 270 g/mol. The SMILES string of the molecule is OC(Cc1c(F)cccc1F)c1cccc(F)c1F. The van der Waals surface area contributed by atoms with Gasteiger partial charge in [-0.15, -0.1) is 0 Å². The quantitative estimate of drug-likeness (QED) is 0.846. The zero-order valence-corrected chi connectivity index (χ0v) is 9.71. The average molecular weight is 270 g/mol. The van der Waals surface area contributed by atoms with E-state index in [1.165, 1.54) is 18.2 Å². The molecule has 0 saturated carbocycles. The summed E-state index contributed by atoms with van der Waals surface area (Å²) >= 11 is 0. The van der Waals surface area contributed by atoms with Gasteiger partial charge in [0.15, 0.2) is 11.6 Å². The molecule has 2 aromatic rings. The fourth-order valence-corrected chi connectivity index (χ4v) is 1.81. The lowest BCUT2D eigenvalue weighted by atomic mass is 10.00. The fraction of sp³-hybridized carbons (Fsp3) is 0.143. The Morgan fingerprint density at radius 3 is 2.00 bits per heavy atom. The Hall–Kier alpha value is -1.88. The van der Waals surface area contributed by atoms with E-state index in [-0.39, 0.29) is 11.1 Å². The summed E-state index contributed by atoms with van der Waals surface area (Å²) in [5.41, 5.74) is -0.693. The van der Waals surface area contributed by atoms with Gasteiger partial charge in [0.2, 0.25) is 0 Å². The maximum absolute atomic E-state index is 13.4. The molecule has 0 bridgehead atoms. The van der Waals surface area contributed by atoms with E-state index in [1.807, 2.05) is 0 Å². The molecular formula is C14H10F4O. The molecule has 0 aromatic heterocycles. The van der Waals surface area contributed by atoms with E-state index in [0.29, 0.717) is 0 Å². The van der Waals surface area contributed by atoms with Crippen molar-refractivity contribution in [1.29, 1.82) is 0 Å². The van der Waals surface area contributed by atoms with Crippen molar-refractivity contribution in [2.45, 2.75) is 12.5 Å². The lowest BCUT2D eigenvalue weighted by Gasteiger charge is -2.13. The predicted molar refractivity (Wildman–Crippen MR) is 61.4 cm³/mol. The third-order valence-corrected chi connectivity index (χ3v) is 2.80. The van der Waals surface area contributed by atoms with Crippen molar-refractivity contribution < 1.29 is 22.7 Å². The summed E-state index contributed by atoms with van der Waals surface area (Å²) in [5.74, 6) is -4.01. The van der Waals surface area contributed by atoms with Gasteiger partial charge in [0, 0.05) is 17.5 Å². The summed E-state index contributed by atoms with van der Waals surface area (Å²) in [4.78, 5) is 0. The molecule has 2 rings (SSSR count). The lowest BCUT2D eigenvalue weighted by Crippen LogP contribution is -2.08. The van der Waals surface area contributed by atoms with Crippen LogP contribution in [-0.4, -0.2) is 5.11 Å². The number of aliphatic hydroxyl groups is 1. The summed E-state index contributed by atoms with van der Waals surface area (Å²) in [6, 6.07) is 6.54. The van der Waals surface area contributed by atoms with Crippen LogP contribution in [0.15, 0.2) is 36.4 Å². The Balaban J connectivity index is 2.31. The first kappa shape index (κ1) is 13.5. The van der Waals surface area contributed by atoms with Gasteiger partial charge in [0.25, 0.3) is 0 Å². The topological polar surface area (TPSA) is 20.2 Å². The van der Waals surface area contributed by atoms with Crippen LogP contribution in [0.3, 0.4) is 0 Å². The van der Waals surface area contributed by atoms with E-state index >= 15 is 0 Å². The van der Waals surface area contributed by atoms with Crippen LogP contribution >= 0.6 is 0 Å². The van der Waals surface area contributed by atoms with Crippen molar-refractivity contribution >= 4 is 0 Å². The highest BCUT2D eigenvalue weighted by molar-refractivity contribution is 5.26. The zero-order chi connectivity index (χ0) is 14.0. The molecule has 0 aliphatic heterocycles. The Morgan fingerprint density at radius 1 is 0.842 bits per heavy atom. The molecule has 0 saturated heterocycles. The van der Waals surface area contributed by atoms with Crippen molar-refractivity contribution in [3.8, 4) is 0 Å². The van der Waals surface area contributed by atoms with Gasteiger partial charge in [0.05, 0.1) is 6.10 Å². The molecule has 1 unspecified atom stereocenters. The van der Waals surface area contributed by atoms with Crippen LogP contribution in [0.1, 0.15) is 17.2 Å². The Labute approximate surface area is 107 Å². The van der Waals surface area contributed by atoms with E-state index in [9.17, 15) is 22.7 Å². The normalized spacial score (nSPS) is 12.5. The molecule has 5 heteroatoms. The second kappa shape index (κ2) is 5.40. The van der Waals surface area contributed by atoms with Crippen LogP contribution in [0.5, 0.6) is 0 Å². The van der Waals surface area contributed by atoms with Gasteiger partial charge < -0.3 is 5.11 Å². The van der Waals surface area contributed by atoms with Crippen molar-refractivity contribution in [2.75, 3.05) is 0 Å². The van der Waals surface area contributed by atoms with E-state index in [0.717, 1.165) is 18.2 Å². The Bertz CT molecular complexity index is 578. The van der Waals surface area contributed by atoms with Crippen LogP contribution < -0.4 is 0 Å². The first-order chi connectivity index (χ1) is 9.00. The van der Waals surface area contributed by atoms with Gasteiger partial charge in [-0.1, -0.05) is 18.2 Å². The minimum absolute atomic E-state index is 0.331. The van der Waals surface area contributed by atoms with Crippen molar-refractivity contribution in [2.24, 2.45) is 0 Å². The smallest absolute Gasteiger partial charge is 0.164 e. The van der Waals surface area contributed by atoms with Gasteiger partial charge in [-0.05, 0) is 18.2 Å². The minimum Gasteiger partial charge on any atom is -0.388 e. The van der Waals surface area contributed by atoms with Crippen molar-refractivity contribution in [3.05, 3.63) is 70.8 Å². The van der Waals surface area contributed by atoms with E-state index in [4.69, 9.17) is 0 Å². The second-order valence-corrected chi connectivity index (χ2v) is 4.06.